The van der Waals surface area contributed by atoms with Crippen LogP contribution in [0.2, 0.25) is 0 Å². The largest absolute Gasteiger partial charge is 0.398 e. The van der Waals surface area contributed by atoms with E-state index >= 15 is 0 Å². The zero-order valence-electron chi connectivity index (χ0n) is 17.1. The number of benzene rings is 1. The monoisotopic (exact) mass is 394 g/mol. The zero-order valence-corrected chi connectivity index (χ0v) is 17.1. The van der Waals surface area contributed by atoms with Gasteiger partial charge in [-0.15, -0.1) is 0 Å². The van der Waals surface area contributed by atoms with Gasteiger partial charge in [0, 0.05) is 51.2 Å². The fourth-order valence-corrected chi connectivity index (χ4v) is 3.39. The van der Waals surface area contributed by atoms with E-state index in [1.165, 1.54) is 5.01 Å². The first-order valence-electron chi connectivity index (χ1n) is 9.61. The summed E-state index contributed by atoms with van der Waals surface area (Å²) in [6.07, 6.45) is 5.12. The third-order valence-corrected chi connectivity index (χ3v) is 5.14. The summed E-state index contributed by atoms with van der Waals surface area (Å²) >= 11 is 0. The Bertz CT molecular complexity index is 884. The Balaban J connectivity index is 1.90. The van der Waals surface area contributed by atoms with Gasteiger partial charge in [-0.2, -0.15) is 0 Å². The van der Waals surface area contributed by atoms with Crippen molar-refractivity contribution in [2.45, 2.75) is 6.04 Å². The molecule has 1 aliphatic heterocycles. The maximum absolute atomic E-state index is 6.57. The lowest BCUT2D eigenvalue weighted by molar-refractivity contribution is 0.312. The van der Waals surface area contributed by atoms with E-state index in [0.29, 0.717) is 5.69 Å². The van der Waals surface area contributed by atoms with E-state index < -0.39 is 6.04 Å². The number of piperazine rings is 1. The van der Waals surface area contributed by atoms with Gasteiger partial charge in [-0.05, 0) is 35.9 Å². The summed E-state index contributed by atoms with van der Waals surface area (Å²) in [6.45, 7) is 7.75. The minimum absolute atomic E-state index is 0.467. The summed E-state index contributed by atoms with van der Waals surface area (Å²) in [7, 11) is 3.89. The molecule has 0 spiro atoms. The summed E-state index contributed by atoms with van der Waals surface area (Å²) < 4.78 is 0. The van der Waals surface area contributed by atoms with E-state index in [4.69, 9.17) is 17.3 Å². The molecule has 0 saturated carbocycles. The third-order valence-electron chi connectivity index (χ3n) is 5.14. The van der Waals surface area contributed by atoms with E-state index in [2.05, 4.69) is 33.4 Å². The highest BCUT2D eigenvalue weighted by Crippen LogP contribution is 2.29. The van der Waals surface area contributed by atoms with Crippen LogP contribution in [0.4, 0.5) is 11.5 Å². The maximum Gasteiger partial charge on any atom is 0.132 e. The second-order valence-corrected chi connectivity index (χ2v) is 7.37. The van der Waals surface area contributed by atoms with Crippen molar-refractivity contribution in [2.75, 3.05) is 50.9 Å². The van der Waals surface area contributed by atoms with Gasteiger partial charge in [0.05, 0.1) is 11.7 Å². The van der Waals surface area contributed by atoms with Crippen LogP contribution in [-0.2, 0) is 0 Å². The lowest BCUT2D eigenvalue weighted by Gasteiger charge is -2.33. The molecule has 154 valence electrons. The molecule has 6 N–H and O–H groups in total. The molecule has 1 atom stereocenters. The lowest BCUT2D eigenvalue weighted by Crippen LogP contribution is -2.44. The first-order chi connectivity index (χ1) is 13.9. The number of anilines is 2. The number of nitrogen functional groups attached to an aromatic ring is 1. The Morgan fingerprint density at radius 3 is 2.59 bits per heavy atom. The number of allylic oxidation sites excluding steroid dienone is 2. The minimum atomic E-state index is -0.467. The predicted molar refractivity (Wildman–Crippen MR) is 119 cm³/mol. The molecule has 8 nitrogen and oxygen atoms in total. The van der Waals surface area contributed by atoms with Gasteiger partial charge in [0.2, 0.25) is 0 Å². The van der Waals surface area contributed by atoms with Crippen LogP contribution in [0, 0.1) is 0 Å². The van der Waals surface area contributed by atoms with Crippen LogP contribution in [0.1, 0.15) is 22.9 Å². The van der Waals surface area contributed by atoms with Crippen molar-refractivity contribution in [1.29, 1.82) is 0 Å². The van der Waals surface area contributed by atoms with Gasteiger partial charge in [-0.3, -0.25) is 0 Å². The Morgan fingerprint density at radius 2 is 1.93 bits per heavy atom. The summed E-state index contributed by atoms with van der Waals surface area (Å²) in [4.78, 5) is 13.4. The molecular weight excluding hydrogens is 364 g/mol. The van der Waals surface area contributed by atoms with Crippen LogP contribution in [0.25, 0.3) is 5.57 Å². The van der Waals surface area contributed by atoms with Crippen LogP contribution in [0.3, 0.4) is 0 Å². The van der Waals surface area contributed by atoms with Crippen molar-refractivity contribution in [1.82, 2.24) is 19.9 Å². The van der Waals surface area contributed by atoms with Crippen molar-refractivity contribution >= 4 is 17.1 Å². The molecule has 1 aliphatic rings. The molecule has 8 heteroatoms. The van der Waals surface area contributed by atoms with Crippen LogP contribution in [0.5, 0.6) is 0 Å². The lowest BCUT2D eigenvalue weighted by atomic mass is 9.96. The highest BCUT2D eigenvalue weighted by atomic mass is 15.4. The Hall–Kier alpha value is -2.94. The van der Waals surface area contributed by atoms with Crippen LogP contribution in [0.15, 0.2) is 49.4 Å². The minimum Gasteiger partial charge on any atom is -0.398 e. The van der Waals surface area contributed by atoms with Crippen molar-refractivity contribution in [3.8, 4) is 0 Å². The van der Waals surface area contributed by atoms with E-state index in [-0.39, 0.29) is 0 Å². The third kappa shape index (κ3) is 4.92. The molecule has 1 aromatic heterocycles. The number of rotatable bonds is 6. The van der Waals surface area contributed by atoms with Gasteiger partial charge in [0.25, 0.3) is 0 Å². The number of likely N-dealkylation sites (N-methyl/N-ethyl adjacent to an activating group) is 1. The second-order valence-electron chi connectivity index (χ2n) is 7.37. The van der Waals surface area contributed by atoms with E-state index in [0.717, 1.165) is 54.4 Å². The van der Waals surface area contributed by atoms with E-state index in [1.807, 2.05) is 24.3 Å². The number of hydrogen-bond acceptors (Lipinski definition) is 8. The summed E-state index contributed by atoms with van der Waals surface area (Å²) in [5, 5.41) is 1.49. The van der Waals surface area contributed by atoms with Gasteiger partial charge in [-0.1, -0.05) is 18.7 Å². The average Bonchev–Trinajstić information content (AvgIpc) is 2.72. The fourth-order valence-electron chi connectivity index (χ4n) is 3.39. The molecule has 2 heterocycles. The smallest absolute Gasteiger partial charge is 0.132 e. The quantitative estimate of drug-likeness (QED) is 0.290. The van der Waals surface area contributed by atoms with Gasteiger partial charge < -0.3 is 26.3 Å². The first kappa shape index (κ1) is 20.8. The van der Waals surface area contributed by atoms with Crippen molar-refractivity contribution in [3.05, 3.63) is 66.3 Å². The number of hydrazine groups is 1. The molecule has 0 bridgehead atoms. The molecule has 0 radical (unpaired) electrons. The first-order valence-corrected chi connectivity index (χ1v) is 9.61. The topological polar surface area (TPSA) is 114 Å². The molecule has 1 fully saturated rings. The highest BCUT2D eigenvalue weighted by molar-refractivity contribution is 5.75. The van der Waals surface area contributed by atoms with E-state index in [9.17, 15) is 0 Å². The number of hydrogen-bond donors (Lipinski definition) is 3. The Kier molecular flexibility index (Phi) is 6.48. The maximum atomic E-state index is 6.57. The van der Waals surface area contributed by atoms with E-state index in [1.54, 1.807) is 25.7 Å². The van der Waals surface area contributed by atoms with Gasteiger partial charge in [-0.25, -0.2) is 15.8 Å². The summed E-state index contributed by atoms with van der Waals surface area (Å²) in [6, 6.07) is 7.24. The summed E-state index contributed by atoms with van der Waals surface area (Å²) in [5.41, 5.74) is 16.8. The molecule has 1 unspecified atom stereocenters. The van der Waals surface area contributed by atoms with Gasteiger partial charge in [0.1, 0.15) is 12.1 Å². The second kappa shape index (κ2) is 9.04. The fraction of sp³-hybridized carbons (Fsp3) is 0.333. The average molecular weight is 395 g/mol. The van der Waals surface area contributed by atoms with Crippen molar-refractivity contribution in [2.24, 2.45) is 11.6 Å². The van der Waals surface area contributed by atoms with Crippen LogP contribution in [-0.4, -0.2) is 60.2 Å². The molecular formula is C21H30N8. The summed E-state index contributed by atoms with van der Waals surface area (Å²) in [5.74, 6) is 6.65. The molecule has 3 rings (SSSR count). The standard InChI is InChI=1S/C21H30N8/c1-4-15(13-28(3)24)16-5-6-18(22)17(11-16)21(23)19-12-20(26-14-25-19)29-9-7-27(2)8-10-29/h4-6,11-14,21H,1,7-10,22-24H2,2-3H3/b15-13+. The molecule has 0 amide bonds. The van der Waals surface area contributed by atoms with Crippen LogP contribution < -0.4 is 22.2 Å². The Labute approximate surface area is 172 Å². The number of aromatic nitrogens is 2. The van der Waals surface area contributed by atoms with Crippen molar-refractivity contribution in [3.63, 3.8) is 0 Å². The predicted octanol–water partition coefficient (Wildman–Crippen LogP) is 1.19. The van der Waals surface area contributed by atoms with Crippen molar-refractivity contribution < 1.29 is 0 Å². The van der Waals surface area contributed by atoms with Gasteiger partial charge in [0.15, 0.2) is 0 Å². The molecule has 1 aromatic carbocycles. The molecule has 29 heavy (non-hydrogen) atoms. The Morgan fingerprint density at radius 1 is 1.21 bits per heavy atom. The zero-order chi connectivity index (χ0) is 21.0. The normalized spacial score (nSPS) is 16.6. The number of nitrogens with two attached hydrogens (primary N) is 3. The molecule has 1 saturated heterocycles. The number of nitrogens with zero attached hydrogens (tertiary/aromatic N) is 5. The molecule has 2 aromatic rings. The van der Waals surface area contributed by atoms with Crippen LogP contribution >= 0.6 is 0 Å². The molecule has 0 aliphatic carbocycles. The highest BCUT2D eigenvalue weighted by Gasteiger charge is 2.19. The SMILES string of the molecule is C=C/C(=C\N(C)N)c1ccc(N)c(C(N)c2cc(N3CCN(C)CC3)ncn2)c1. The van der Waals surface area contributed by atoms with Gasteiger partial charge >= 0.3 is 0 Å².